The Bertz CT molecular complexity index is 541. The first-order valence-electron chi connectivity index (χ1n) is 6.53. The third kappa shape index (κ3) is 3.60. The fourth-order valence-corrected chi connectivity index (χ4v) is 6.35. The molecule has 1 N–H and O–H groups in total. The smallest absolute Gasteiger partial charge is 0.206 e. The molecule has 1 aliphatic rings. The molecular formula is C13H20BrNO2S2. The van der Waals surface area contributed by atoms with Crippen molar-refractivity contribution in [2.75, 3.05) is 5.33 Å². The van der Waals surface area contributed by atoms with E-state index in [1.807, 2.05) is 13.0 Å². The van der Waals surface area contributed by atoms with Gasteiger partial charge in [0.1, 0.15) is 4.21 Å². The summed E-state index contributed by atoms with van der Waals surface area (Å²) >= 11 is 4.83. The summed E-state index contributed by atoms with van der Waals surface area (Å²) in [4.78, 5) is 1.02. The van der Waals surface area contributed by atoms with Crippen LogP contribution < -0.4 is 4.72 Å². The summed E-state index contributed by atoms with van der Waals surface area (Å²) in [5.41, 5.74) is -0.325. The van der Waals surface area contributed by atoms with Gasteiger partial charge in [-0.2, -0.15) is 0 Å². The molecule has 0 amide bonds. The zero-order valence-corrected chi connectivity index (χ0v) is 14.5. The Labute approximate surface area is 128 Å². The molecule has 2 rings (SSSR count). The molecule has 1 fully saturated rings. The number of hydrogen-bond donors (Lipinski definition) is 1. The Morgan fingerprint density at radius 1 is 1.53 bits per heavy atom. The van der Waals surface area contributed by atoms with Crippen LogP contribution >= 0.6 is 27.3 Å². The highest BCUT2D eigenvalue weighted by atomic mass is 79.9. The number of hydrogen-bond acceptors (Lipinski definition) is 3. The summed E-state index contributed by atoms with van der Waals surface area (Å²) in [7, 11) is -3.39. The molecule has 0 saturated heterocycles. The summed E-state index contributed by atoms with van der Waals surface area (Å²) in [6.07, 6.45) is 4.08. The van der Waals surface area contributed by atoms with Gasteiger partial charge < -0.3 is 0 Å². The van der Waals surface area contributed by atoms with E-state index in [9.17, 15) is 8.42 Å². The molecule has 0 spiro atoms. The summed E-state index contributed by atoms with van der Waals surface area (Å²) in [5.74, 6) is 0.569. The molecule has 2 atom stereocenters. The molecule has 19 heavy (non-hydrogen) atoms. The monoisotopic (exact) mass is 365 g/mol. The largest absolute Gasteiger partial charge is 0.250 e. The molecule has 1 heterocycles. The van der Waals surface area contributed by atoms with Crippen LogP contribution in [0.4, 0.5) is 0 Å². The van der Waals surface area contributed by atoms with Gasteiger partial charge in [0.05, 0.1) is 0 Å². The van der Waals surface area contributed by atoms with Crippen LogP contribution in [0.5, 0.6) is 0 Å². The Kier molecular flexibility index (Phi) is 4.75. The van der Waals surface area contributed by atoms with Crippen molar-refractivity contribution in [2.24, 2.45) is 5.92 Å². The highest BCUT2D eigenvalue weighted by Crippen LogP contribution is 2.35. The first-order valence-corrected chi connectivity index (χ1v) is 9.95. The Hall–Kier alpha value is 0.0900. The summed E-state index contributed by atoms with van der Waals surface area (Å²) < 4.78 is 28.3. The normalized spacial score (nSPS) is 28.5. The second-order valence-corrected chi connectivity index (χ2v) is 9.34. The van der Waals surface area contributed by atoms with E-state index in [4.69, 9.17) is 0 Å². The van der Waals surface area contributed by atoms with E-state index >= 15 is 0 Å². The molecule has 1 aromatic heterocycles. The quantitative estimate of drug-likeness (QED) is 0.827. The maximum Gasteiger partial charge on any atom is 0.250 e. The third-order valence-electron chi connectivity index (χ3n) is 3.68. The molecule has 6 heteroatoms. The van der Waals surface area contributed by atoms with E-state index in [1.165, 1.54) is 17.8 Å². The van der Waals surface area contributed by atoms with Crippen molar-refractivity contribution in [1.82, 2.24) is 4.72 Å². The fraction of sp³-hybridized carbons (Fsp3) is 0.692. The Morgan fingerprint density at radius 3 is 2.79 bits per heavy atom. The lowest BCUT2D eigenvalue weighted by atomic mass is 9.78. The van der Waals surface area contributed by atoms with Gasteiger partial charge in [-0.05, 0) is 37.8 Å². The highest BCUT2D eigenvalue weighted by molar-refractivity contribution is 9.09. The number of halogens is 1. The molecule has 1 saturated carbocycles. The van der Waals surface area contributed by atoms with E-state index in [2.05, 4.69) is 27.6 Å². The second kappa shape index (κ2) is 5.84. The molecule has 0 bridgehead atoms. The van der Waals surface area contributed by atoms with Crippen molar-refractivity contribution >= 4 is 37.3 Å². The molecule has 0 aliphatic heterocycles. The van der Waals surface area contributed by atoms with Gasteiger partial charge in [0.2, 0.25) is 0 Å². The minimum atomic E-state index is -3.39. The van der Waals surface area contributed by atoms with E-state index in [1.54, 1.807) is 6.07 Å². The van der Waals surface area contributed by atoms with Crippen LogP contribution in [0.25, 0.3) is 0 Å². The van der Waals surface area contributed by atoms with Gasteiger partial charge in [-0.1, -0.05) is 35.7 Å². The average Bonchev–Trinajstić information content (AvgIpc) is 2.76. The molecule has 0 radical (unpaired) electrons. The fourth-order valence-electron chi connectivity index (χ4n) is 2.79. The predicted molar refractivity (Wildman–Crippen MR) is 83.5 cm³/mol. The van der Waals surface area contributed by atoms with Crippen LogP contribution in [0.15, 0.2) is 16.3 Å². The van der Waals surface area contributed by atoms with Crippen LogP contribution in [0.3, 0.4) is 0 Å². The van der Waals surface area contributed by atoms with Crippen LogP contribution in [-0.4, -0.2) is 19.3 Å². The van der Waals surface area contributed by atoms with Crippen LogP contribution in [0, 0.1) is 12.8 Å². The molecular weight excluding hydrogens is 346 g/mol. The molecule has 0 aromatic carbocycles. The van der Waals surface area contributed by atoms with E-state index < -0.39 is 10.0 Å². The standard InChI is InChI=1S/C13H20BrNO2S2/c1-10-4-3-7-13(8-10,9-14)15-19(16,17)12-6-5-11(2)18-12/h5-6,10,15H,3-4,7-9H2,1-2H3. The summed E-state index contributed by atoms with van der Waals surface area (Å²) in [6, 6.07) is 3.54. The van der Waals surface area contributed by atoms with Crippen molar-refractivity contribution in [3.05, 3.63) is 17.0 Å². The van der Waals surface area contributed by atoms with E-state index in [-0.39, 0.29) is 5.54 Å². The van der Waals surface area contributed by atoms with Gasteiger partial charge in [-0.15, -0.1) is 11.3 Å². The number of nitrogens with one attached hydrogen (secondary N) is 1. The lowest BCUT2D eigenvalue weighted by Gasteiger charge is -2.39. The van der Waals surface area contributed by atoms with Gasteiger partial charge in [0, 0.05) is 15.7 Å². The topological polar surface area (TPSA) is 46.2 Å². The first-order chi connectivity index (χ1) is 8.87. The molecule has 1 aromatic rings. The Morgan fingerprint density at radius 2 is 2.26 bits per heavy atom. The second-order valence-electron chi connectivity index (χ2n) is 5.59. The van der Waals surface area contributed by atoms with Crippen LogP contribution in [0.2, 0.25) is 0 Å². The van der Waals surface area contributed by atoms with Crippen LogP contribution in [-0.2, 0) is 10.0 Å². The number of rotatable bonds is 4. The molecule has 3 nitrogen and oxygen atoms in total. The number of aryl methyl sites for hydroxylation is 1. The van der Waals surface area contributed by atoms with Gasteiger partial charge in [-0.3, -0.25) is 0 Å². The first kappa shape index (κ1) is 15.5. The lowest BCUT2D eigenvalue weighted by Crippen LogP contribution is -2.52. The molecule has 1 aliphatic carbocycles. The average molecular weight is 366 g/mol. The van der Waals surface area contributed by atoms with Gasteiger partial charge in [-0.25, -0.2) is 13.1 Å². The number of thiophene rings is 1. The SMILES string of the molecule is Cc1ccc(S(=O)(=O)NC2(CBr)CCCC(C)C2)s1. The van der Waals surface area contributed by atoms with E-state index in [0.29, 0.717) is 15.5 Å². The van der Waals surface area contributed by atoms with Crippen molar-refractivity contribution in [3.8, 4) is 0 Å². The van der Waals surface area contributed by atoms with Crippen molar-refractivity contribution in [1.29, 1.82) is 0 Å². The van der Waals surface area contributed by atoms with Crippen LogP contribution in [0.1, 0.15) is 37.5 Å². The number of alkyl halides is 1. The van der Waals surface area contributed by atoms with Gasteiger partial charge in [0.15, 0.2) is 0 Å². The van der Waals surface area contributed by atoms with Gasteiger partial charge in [0.25, 0.3) is 10.0 Å². The minimum Gasteiger partial charge on any atom is -0.206 e. The summed E-state index contributed by atoms with van der Waals surface area (Å²) in [6.45, 7) is 4.12. The minimum absolute atomic E-state index is 0.325. The lowest BCUT2D eigenvalue weighted by molar-refractivity contribution is 0.242. The van der Waals surface area contributed by atoms with Crippen molar-refractivity contribution < 1.29 is 8.42 Å². The third-order valence-corrected chi connectivity index (χ3v) is 7.82. The molecule has 2 unspecified atom stereocenters. The number of sulfonamides is 1. The van der Waals surface area contributed by atoms with Gasteiger partial charge >= 0.3 is 0 Å². The summed E-state index contributed by atoms with van der Waals surface area (Å²) in [5, 5.41) is 0.675. The Balaban J connectivity index is 2.22. The molecule has 108 valence electrons. The van der Waals surface area contributed by atoms with Crippen molar-refractivity contribution in [3.63, 3.8) is 0 Å². The maximum absolute atomic E-state index is 12.5. The van der Waals surface area contributed by atoms with E-state index in [0.717, 1.165) is 24.1 Å². The zero-order chi connectivity index (χ0) is 14.1. The predicted octanol–water partition coefficient (Wildman–Crippen LogP) is 3.68. The zero-order valence-electron chi connectivity index (χ0n) is 11.3. The van der Waals surface area contributed by atoms with Crippen molar-refractivity contribution in [2.45, 2.75) is 49.3 Å². The highest BCUT2D eigenvalue weighted by Gasteiger charge is 2.38. The maximum atomic E-state index is 12.5.